The molecule has 25 heavy (non-hydrogen) atoms. The van der Waals surface area contributed by atoms with Crippen molar-refractivity contribution < 1.29 is 23.2 Å². The second-order valence-corrected chi connectivity index (χ2v) is 6.58. The van der Waals surface area contributed by atoms with Gasteiger partial charge in [0.05, 0.1) is 0 Å². The van der Waals surface area contributed by atoms with E-state index in [1.54, 1.807) is 0 Å². The van der Waals surface area contributed by atoms with Crippen LogP contribution < -0.4 is 10.6 Å². The average Bonchev–Trinajstić information content (AvgIpc) is 2.79. The number of hydrogen-bond donors (Lipinski definition) is 2. The molecule has 0 bridgehead atoms. The van der Waals surface area contributed by atoms with Gasteiger partial charge in [-0.1, -0.05) is 25.8 Å². The number of rotatable bonds is 3. The third-order valence-corrected chi connectivity index (χ3v) is 5.03. The van der Waals surface area contributed by atoms with Gasteiger partial charge in [0, 0.05) is 0 Å². The highest BCUT2D eigenvalue weighted by Crippen LogP contribution is 2.38. The van der Waals surface area contributed by atoms with Crippen molar-refractivity contribution in [2.24, 2.45) is 5.92 Å². The van der Waals surface area contributed by atoms with Gasteiger partial charge < -0.3 is 10.6 Å². The fourth-order valence-electron chi connectivity index (χ4n) is 3.58. The molecule has 8 heteroatoms. The second-order valence-electron chi connectivity index (χ2n) is 6.58. The molecule has 4 amide bonds. The Morgan fingerprint density at radius 2 is 2.00 bits per heavy atom. The van der Waals surface area contributed by atoms with Crippen LogP contribution in [0, 0.1) is 17.6 Å². The molecule has 1 aromatic rings. The van der Waals surface area contributed by atoms with Crippen LogP contribution in [0.1, 0.15) is 32.6 Å². The van der Waals surface area contributed by atoms with E-state index in [2.05, 4.69) is 10.6 Å². The minimum atomic E-state index is -0.973. The highest BCUT2D eigenvalue weighted by Gasteiger charge is 2.55. The van der Waals surface area contributed by atoms with E-state index < -0.39 is 47.3 Å². The van der Waals surface area contributed by atoms with Gasteiger partial charge in [0.25, 0.3) is 5.91 Å². The minimum absolute atomic E-state index is 0.0326. The van der Waals surface area contributed by atoms with Gasteiger partial charge in [0.1, 0.15) is 29.4 Å². The molecule has 0 unspecified atom stereocenters. The molecule has 1 heterocycles. The molecule has 1 aliphatic carbocycles. The number of benzene rings is 1. The van der Waals surface area contributed by atoms with Gasteiger partial charge in [0.2, 0.25) is 5.91 Å². The highest BCUT2D eigenvalue weighted by molar-refractivity contribution is 6.10. The summed E-state index contributed by atoms with van der Waals surface area (Å²) in [5.41, 5.74) is -1.57. The number of urea groups is 1. The summed E-state index contributed by atoms with van der Waals surface area (Å²) >= 11 is 0. The van der Waals surface area contributed by atoms with Crippen LogP contribution in [-0.2, 0) is 9.59 Å². The third kappa shape index (κ3) is 2.96. The lowest BCUT2D eigenvalue weighted by molar-refractivity contribution is -0.136. The Balaban J connectivity index is 1.73. The van der Waals surface area contributed by atoms with E-state index in [0.717, 1.165) is 36.3 Å². The summed E-state index contributed by atoms with van der Waals surface area (Å²) in [5.74, 6) is -3.18. The lowest BCUT2D eigenvalue weighted by Gasteiger charge is -2.36. The number of halogens is 2. The third-order valence-electron chi connectivity index (χ3n) is 5.03. The predicted molar refractivity (Wildman–Crippen MR) is 85.6 cm³/mol. The largest absolute Gasteiger partial charge is 0.325 e. The lowest BCUT2D eigenvalue weighted by atomic mass is 9.73. The van der Waals surface area contributed by atoms with Gasteiger partial charge in [-0.25, -0.2) is 13.6 Å². The molecule has 1 aromatic carbocycles. The molecule has 2 aliphatic rings. The number of amides is 4. The Labute approximate surface area is 143 Å². The maximum atomic E-state index is 13.6. The second kappa shape index (κ2) is 6.42. The highest BCUT2D eigenvalue weighted by atomic mass is 19.1. The maximum absolute atomic E-state index is 13.6. The van der Waals surface area contributed by atoms with Crippen LogP contribution in [0.25, 0.3) is 0 Å². The van der Waals surface area contributed by atoms with Gasteiger partial charge in [0.15, 0.2) is 0 Å². The van der Waals surface area contributed by atoms with Crippen LogP contribution in [0.2, 0.25) is 0 Å². The molecule has 3 rings (SSSR count). The fourth-order valence-corrected chi connectivity index (χ4v) is 3.58. The average molecular weight is 351 g/mol. The smallest absolute Gasteiger partial charge is 0.323 e. The summed E-state index contributed by atoms with van der Waals surface area (Å²) < 4.78 is 27.2. The topological polar surface area (TPSA) is 78.5 Å². The van der Waals surface area contributed by atoms with Gasteiger partial charge in [-0.15, -0.1) is 0 Å². The lowest BCUT2D eigenvalue weighted by Crippen LogP contribution is -2.54. The van der Waals surface area contributed by atoms with Crippen molar-refractivity contribution in [1.82, 2.24) is 10.2 Å². The molecule has 1 spiro atoms. The number of para-hydroxylation sites is 1. The van der Waals surface area contributed by atoms with Crippen LogP contribution in [0.4, 0.5) is 19.3 Å². The Morgan fingerprint density at radius 3 is 2.64 bits per heavy atom. The summed E-state index contributed by atoms with van der Waals surface area (Å²) in [6.07, 6.45) is 3.14. The summed E-state index contributed by atoms with van der Waals surface area (Å²) in [7, 11) is 0. The molecular weight excluding hydrogens is 332 g/mol. The quantitative estimate of drug-likeness (QED) is 0.821. The van der Waals surface area contributed by atoms with Crippen molar-refractivity contribution in [1.29, 1.82) is 0 Å². The van der Waals surface area contributed by atoms with E-state index in [-0.39, 0.29) is 5.92 Å². The Hall–Kier alpha value is -2.51. The number of hydrogen-bond acceptors (Lipinski definition) is 3. The molecule has 6 nitrogen and oxygen atoms in total. The first kappa shape index (κ1) is 17.3. The van der Waals surface area contributed by atoms with Crippen molar-refractivity contribution in [2.45, 2.75) is 38.1 Å². The van der Waals surface area contributed by atoms with Crippen molar-refractivity contribution >= 4 is 23.5 Å². The first-order valence-corrected chi connectivity index (χ1v) is 8.23. The first-order chi connectivity index (χ1) is 11.8. The van der Waals surface area contributed by atoms with Crippen LogP contribution in [0.3, 0.4) is 0 Å². The Morgan fingerprint density at radius 1 is 1.32 bits per heavy atom. The summed E-state index contributed by atoms with van der Waals surface area (Å²) in [6, 6.07) is 2.53. The van der Waals surface area contributed by atoms with Crippen LogP contribution in [0.15, 0.2) is 18.2 Å². The molecule has 1 saturated heterocycles. The maximum Gasteiger partial charge on any atom is 0.325 e. The molecule has 0 radical (unpaired) electrons. The predicted octanol–water partition coefficient (Wildman–Crippen LogP) is 2.40. The van der Waals surface area contributed by atoms with Crippen molar-refractivity contribution in [3.8, 4) is 0 Å². The normalized spacial score (nSPS) is 26.0. The number of anilines is 1. The van der Waals surface area contributed by atoms with E-state index in [9.17, 15) is 23.2 Å². The standard InChI is InChI=1S/C17H19F2N3O3/c1-10-5-2-3-8-17(10)15(24)22(16(25)21-17)9-13(23)20-14-11(18)6-4-7-12(14)19/h4,6-7,10H,2-3,5,8-9H2,1H3,(H,20,23)(H,21,25)/t10-,17+/m0/s1. The number of nitrogens with zero attached hydrogens (tertiary/aromatic N) is 1. The van der Waals surface area contributed by atoms with Gasteiger partial charge in [-0.2, -0.15) is 0 Å². The van der Waals surface area contributed by atoms with Gasteiger partial charge in [-0.05, 0) is 30.9 Å². The number of imide groups is 1. The van der Waals surface area contributed by atoms with E-state index in [1.165, 1.54) is 6.07 Å². The SMILES string of the molecule is C[C@H]1CCCC[C@@]12NC(=O)N(CC(=O)Nc1c(F)cccc1F)C2=O. The molecular formula is C17H19F2N3O3. The molecule has 134 valence electrons. The Bertz CT molecular complexity index is 720. The van der Waals surface area contributed by atoms with Gasteiger partial charge >= 0.3 is 6.03 Å². The Kier molecular flexibility index (Phi) is 4.45. The van der Waals surface area contributed by atoms with Crippen molar-refractivity contribution in [3.63, 3.8) is 0 Å². The summed E-state index contributed by atoms with van der Waals surface area (Å²) in [4.78, 5) is 37.8. The number of nitrogens with one attached hydrogen (secondary N) is 2. The zero-order chi connectivity index (χ0) is 18.2. The summed E-state index contributed by atoms with van der Waals surface area (Å²) in [6.45, 7) is 1.31. The molecule has 2 fully saturated rings. The zero-order valence-corrected chi connectivity index (χ0v) is 13.8. The first-order valence-electron chi connectivity index (χ1n) is 8.23. The molecule has 2 N–H and O–H groups in total. The fraction of sp³-hybridized carbons (Fsp3) is 0.471. The van der Waals surface area contributed by atoms with Crippen molar-refractivity contribution in [2.75, 3.05) is 11.9 Å². The van der Waals surface area contributed by atoms with Gasteiger partial charge in [-0.3, -0.25) is 14.5 Å². The van der Waals surface area contributed by atoms with E-state index >= 15 is 0 Å². The van der Waals surface area contributed by atoms with Crippen LogP contribution in [-0.4, -0.2) is 34.8 Å². The number of carbonyl (C=O) groups is 3. The van der Waals surface area contributed by atoms with Crippen LogP contribution in [0.5, 0.6) is 0 Å². The molecule has 0 aromatic heterocycles. The van der Waals surface area contributed by atoms with E-state index in [0.29, 0.717) is 6.42 Å². The monoisotopic (exact) mass is 351 g/mol. The zero-order valence-electron chi connectivity index (χ0n) is 13.8. The molecule has 1 saturated carbocycles. The number of carbonyl (C=O) groups excluding carboxylic acids is 3. The van der Waals surface area contributed by atoms with E-state index in [4.69, 9.17) is 0 Å². The minimum Gasteiger partial charge on any atom is -0.323 e. The molecule has 1 aliphatic heterocycles. The van der Waals surface area contributed by atoms with Crippen molar-refractivity contribution in [3.05, 3.63) is 29.8 Å². The summed E-state index contributed by atoms with van der Waals surface area (Å²) in [5, 5.41) is 4.81. The van der Waals surface area contributed by atoms with E-state index in [1.807, 2.05) is 6.92 Å². The van der Waals surface area contributed by atoms with Crippen LogP contribution >= 0.6 is 0 Å². The molecule has 2 atom stereocenters.